The fourth-order valence-electron chi connectivity index (χ4n) is 2.48. The molecule has 28 heavy (non-hydrogen) atoms. The zero-order valence-corrected chi connectivity index (χ0v) is 15.6. The van der Waals surface area contributed by atoms with Crippen LogP contribution in [0.15, 0.2) is 53.1 Å². The van der Waals surface area contributed by atoms with Crippen molar-refractivity contribution in [1.82, 2.24) is 15.1 Å². The van der Waals surface area contributed by atoms with Crippen LogP contribution in [-0.4, -0.2) is 34.2 Å². The van der Waals surface area contributed by atoms with Gasteiger partial charge in [0.1, 0.15) is 10.7 Å². The molecule has 1 aromatic carbocycles. The maximum absolute atomic E-state index is 12.3. The van der Waals surface area contributed by atoms with Gasteiger partial charge < -0.3 is 9.15 Å². The van der Waals surface area contributed by atoms with Crippen LogP contribution in [0.2, 0.25) is 5.15 Å². The molecule has 0 fully saturated rings. The number of esters is 1. The van der Waals surface area contributed by atoms with Crippen molar-refractivity contribution in [3.8, 4) is 0 Å². The summed E-state index contributed by atoms with van der Waals surface area (Å²) in [6.07, 6.45) is 1.30. The molecule has 2 aromatic heterocycles. The van der Waals surface area contributed by atoms with Crippen LogP contribution in [0.25, 0.3) is 0 Å². The topological polar surface area (TPSA) is 103 Å². The van der Waals surface area contributed by atoms with E-state index < -0.39 is 24.4 Å². The maximum Gasteiger partial charge on any atom is 0.343 e. The van der Waals surface area contributed by atoms with Gasteiger partial charge in [-0.2, -0.15) is 5.10 Å². The van der Waals surface area contributed by atoms with E-state index in [1.807, 2.05) is 30.3 Å². The number of amides is 2. The second-order valence-electron chi connectivity index (χ2n) is 5.83. The molecular formula is C19H16ClN3O5. The zero-order chi connectivity index (χ0) is 20.1. The molecule has 3 rings (SSSR count). The van der Waals surface area contributed by atoms with Gasteiger partial charge in [-0.05, 0) is 24.6 Å². The number of furan rings is 1. The summed E-state index contributed by atoms with van der Waals surface area (Å²) in [5, 5.41) is 6.42. The predicted molar refractivity (Wildman–Crippen MR) is 99.0 cm³/mol. The Morgan fingerprint density at radius 3 is 2.61 bits per heavy atom. The van der Waals surface area contributed by atoms with Crippen LogP contribution < -0.4 is 5.32 Å². The minimum Gasteiger partial charge on any atom is -0.459 e. The smallest absolute Gasteiger partial charge is 0.343 e. The number of aryl methyl sites for hydroxylation is 1. The molecule has 3 aromatic rings. The molecule has 0 saturated carbocycles. The molecule has 0 saturated heterocycles. The van der Waals surface area contributed by atoms with Crippen molar-refractivity contribution in [2.45, 2.75) is 13.5 Å². The van der Waals surface area contributed by atoms with E-state index in [2.05, 4.69) is 10.4 Å². The van der Waals surface area contributed by atoms with Crippen molar-refractivity contribution in [2.24, 2.45) is 0 Å². The van der Waals surface area contributed by atoms with E-state index >= 15 is 0 Å². The molecule has 0 radical (unpaired) electrons. The largest absolute Gasteiger partial charge is 0.459 e. The molecule has 0 spiro atoms. The Morgan fingerprint density at radius 1 is 1.18 bits per heavy atom. The van der Waals surface area contributed by atoms with Crippen molar-refractivity contribution in [1.29, 1.82) is 0 Å². The summed E-state index contributed by atoms with van der Waals surface area (Å²) in [6.45, 7) is 1.35. The van der Waals surface area contributed by atoms with E-state index in [0.29, 0.717) is 12.2 Å². The van der Waals surface area contributed by atoms with Gasteiger partial charge in [0.25, 0.3) is 11.8 Å². The SMILES string of the molecule is Cc1nn(Cc2ccccc2)c(Cl)c1C(=O)OCC(=O)NC(=O)c1ccco1. The minimum absolute atomic E-state index is 0.0271. The number of rotatable bonds is 6. The van der Waals surface area contributed by atoms with Crippen molar-refractivity contribution in [3.05, 3.63) is 76.5 Å². The highest BCUT2D eigenvalue weighted by atomic mass is 35.5. The Hall–Kier alpha value is -3.39. The third-order valence-corrected chi connectivity index (χ3v) is 4.16. The van der Waals surface area contributed by atoms with Gasteiger partial charge in [-0.15, -0.1) is 0 Å². The van der Waals surface area contributed by atoms with Crippen LogP contribution in [0.5, 0.6) is 0 Å². The molecule has 0 aliphatic carbocycles. The molecule has 144 valence electrons. The van der Waals surface area contributed by atoms with Gasteiger partial charge in [0.2, 0.25) is 0 Å². The summed E-state index contributed by atoms with van der Waals surface area (Å²) in [4.78, 5) is 35.8. The van der Waals surface area contributed by atoms with Crippen molar-refractivity contribution >= 4 is 29.4 Å². The highest BCUT2D eigenvalue weighted by Crippen LogP contribution is 2.21. The number of carbonyl (C=O) groups is 3. The highest BCUT2D eigenvalue weighted by Gasteiger charge is 2.23. The van der Waals surface area contributed by atoms with E-state index in [4.69, 9.17) is 20.8 Å². The normalized spacial score (nSPS) is 10.5. The zero-order valence-electron chi connectivity index (χ0n) is 14.8. The Morgan fingerprint density at radius 2 is 1.93 bits per heavy atom. The fourth-order valence-corrected chi connectivity index (χ4v) is 2.79. The Bertz CT molecular complexity index is 996. The molecule has 0 atom stereocenters. The van der Waals surface area contributed by atoms with Gasteiger partial charge in [0, 0.05) is 0 Å². The van der Waals surface area contributed by atoms with Crippen LogP contribution >= 0.6 is 11.6 Å². The summed E-state index contributed by atoms with van der Waals surface area (Å²) >= 11 is 6.27. The first-order chi connectivity index (χ1) is 13.5. The number of carbonyl (C=O) groups excluding carboxylic acids is 3. The standard InChI is InChI=1S/C19H16ClN3O5/c1-12-16(17(20)23(22-12)10-13-6-3-2-4-7-13)19(26)28-11-15(24)21-18(25)14-8-5-9-27-14/h2-9H,10-11H2,1H3,(H,21,24,25). The fraction of sp³-hybridized carbons (Fsp3) is 0.158. The van der Waals surface area contributed by atoms with Crippen LogP contribution in [0.1, 0.15) is 32.2 Å². The molecule has 0 bridgehead atoms. The van der Waals surface area contributed by atoms with Gasteiger partial charge in [-0.3, -0.25) is 14.9 Å². The quantitative estimate of drug-likeness (QED) is 0.637. The van der Waals surface area contributed by atoms with E-state index in [0.717, 1.165) is 5.56 Å². The number of halogens is 1. The number of hydrogen-bond acceptors (Lipinski definition) is 6. The average molecular weight is 402 g/mol. The number of nitrogens with zero attached hydrogens (tertiary/aromatic N) is 2. The second kappa shape index (κ2) is 8.53. The van der Waals surface area contributed by atoms with E-state index in [-0.39, 0.29) is 16.5 Å². The van der Waals surface area contributed by atoms with E-state index in [1.54, 1.807) is 6.92 Å². The summed E-state index contributed by atoms with van der Waals surface area (Å²) in [6, 6.07) is 12.4. The molecule has 1 N–H and O–H groups in total. The number of nitrogens with one attached hydrogen (secondary N) is 1. The molecule has 0 unspecified atom stereocenters. The Labute approximate surface area is 165 Å². The summed E-state index contributed by atoms with van der Waals surface area (Å²) < 4.78 is 11.3. The number of benzene rings is 1. The molecule has 0 aliphatic rings. The molecular weight excluding hydrogens is 386 g/mol. The lowest BCUT2D eigenvalue weighted by atomic mass is 10.2. The number of hydrogen-bond donors (Lipinski definition) is 1. The van der Waals surface area contributed by atoms with E-state index in [9.17, 15) is 14.4 Å². The van der Waals surface area contributed by atoms with Gasteiger partial charge in [0.15, 0.2) is 12.4 Å². The molecule has 9 heteroatoms. The first-order valence-corrected chi connectivity index (χ1v) is 8.65. The summed E-state index contributed by atoms with van der Waals surface area (Å²) in [7, 11) is 0. The van der Waals surface area contributed by atoms with Crippen molar-refractivity contribution < 1.29 is 23.5 Å². The molecule has 2 heterocycles. The van der Waals surface area contributed by atoms with Crippen LogP contribution in [0.3, 0.4) is 0 Å². The summed E-state index contributed by atoms with van der Waals surface area (Å²) in [5.74, 6) is -2.35. The lowest BCUT2D eigenvalue weighted by Gasteiger charge is -2.06. The number of aromatic nitrogens is 2. The monoisotopic (exact) mass is 401 g/mol. The predicted octanol–water partition coefficient (Wildman–Crippen LogP) is 2.60. The first kappa shape index (κ1) is 19.4. The lowest BCUT2D eigenvalue weighted by Crippen LogP contribution is -2.34. The number of imide groups is 1. The van der Waals surface area contributed by atoms with Crippen molar-refractivity contribution in [2.75, 3.05) is 6.61 Å². The lowest BCUT2D eigenvalue weighted by molar-refractivity contribution is -0.123. The van der Waals surface area contributed by atoms with Gasteiger partial charge in [-0.1, -0.05) is 41.9 Å². The third kappa shape index (κ3) is 4.47. The summed E-state index contributed by atoms with van der Waals surface area (Å²) in [5.41, 5.74) is 1.41. The van der Waals surface area contributed by atoms with Crippen molar-refractivity contribution in [3.63, 3.8) is 0 Å². The highest BCUT2D eigenvalue weighted by molar-refractivity contribution is 6.32. The number of ether oxygens (including phenoxy) is 1. The molecule has 8 nitrogen and oxygen atoms in total. The third-order valence-electron chi connectivity index (χ3n) is 3.78. The Balaban J connectivity index is 1.61. The van der Waals surface area contributed by atoms with Gasteiger partial charge in [-0.25, -0.2) is 9.48 Å². The molecule has 2 amide bonds. The van der Waals surface area contributed by atoms with Crippen LogP contribution in [0.4, 0.5) is 0 Å². The Kier molecular flexibility index (Phi) is 5.90. The van der Waals surface area contributed by atoms with Gasteiger partial charge in [0.05, 0.1) is 18.5 Å². The van der Waals surface area contributed by atoms with Crippen LogP contribution in [0, 0.1) is 6.92 Å². The van der Waals surface area contributed by atoms with E-state index in [1.165, 1.54) is 23.1 Å². The average Bonchev–Trinajstić information content (AvgIpc) is 3.30. The molecule has 0 aliphatic heterocycles. The minimum atomic E-state index is -0.803. The van der Waals surface area contributed by atoms with Gasteiger partial charge >= 0.3 is 5.97 Å². The second-order valence-corrected chi connectivity index (χ2v) is 6.18. The first-order valence-electron chi connectivity index (χ1n) is 8.27. The maximum atomic E-state index is 12.3. The van der Waals surface area contributed by atoms with Crippen LogP contribution in [-0.2, 0) is 16.1 Å².